The summed E-state index contributed by atoms with van der Waals surface area (Å²) in [5, 5.41) is 7.12. The van der Waals surface area contributed by atoms with Gasteiger partial charge >= 0.3 is 12.1 Å². The number of carbonyl (C=O) groups excluding carboxylic acids is 1. The number of hydrogen-bond donors (Lipinski definition) is 1. The Bertz CT molecular complexity index is 780. The number of carboxylic acids is 1. The van der Waals surface area contributed by atoms with Crippen LogP contribution in [0.25, 0.3) is 0 Å². The smallest absolute Gasteiger partial charge is 0.475 e. The lowest BCUT2D eigenvalue weighted by molar-refractivity contribution is -0.192. The SMILES string of the molecule is Cc1cccc(COC2CSC3(C2)CN(C(=O)C2CCC2)C3)n1.O=C(O)C(F)(F)F. The molecule has 1 N–H and O–H groups in total. The minimum Gasteiger partial charge on any atom is -0.475 e. The molecule has 1 aromatic rings. The Kier molecular flexibility index (Phi) is 6.96. The van der Waals surface area contributed by atoms with Gasteiger partial charge in [-0.1, -0.05) is 12.5 Å². The number of aromatic nitrogens is 1. The summed E-state index contributed by atoms with van der Waals surface area (Å²) in [6.07, 6.45) is -0.288. The van der Waals surface area contributed by atoms with Crippen molar-refractivity contribution >= 4 is 23.6 Å². The van der Waals surface area contributed by atoms with Crippen molar-refractivity contribution in [1.82, 2.24) is 9.88 Å². The maximum Gasteiger partial charge on any atom is 0.490 e. The van der Waals surface area contributed by atoms with Crippen molar-refractivity contribution in [3.63, 3.8) is 0 Å². The normalized spacial score (nSPS) is 22.7. The molecule has 1 saturated carbocycles. The minimum atomic E-state index is -5.08. The molecule has 1 spiro atoms. The number of ether oxygens (including phenoxy) is 1. The molecule has 1 atom stereocenters. The van der Waals surface area contributed by atoms with Gasteiger partial charge in [-0.25, -0.2) is 4.79 Å². The van der Waals surface area contributed by atoms with Gasteiger partial charge in [0.1, 0.15) is 0 Å². The number of amides is 1. The Morgan fingerprint density at radius 3 is 2.53 bits per heavy atom. The number of aryl methyl sites for hydroxylation is 1. The summed E-state index contributed by atoms with van der Waals surface area (Å²) in [4.78, 5) is 27.7. The molecule has 3 aliphatic rings. The Labute approximate surface area is 177 Å². The van der Waals surface area contributed by atoms with Crippen LogP contribution in [-0.4, -0.2) is 62.7 Å². The summed E-state index contributed by atoms with van der Waals surface area (Å²) in [7, 11) is 0. The van der Waals surface area contributed by atoms with Crippen LogP contribution >= 0.6 is 11.8 Å². The Morgan fingerprint density at radius 2 is 2.00 bits per heavy atom. The second kappa shape index (κ2) is 9.13. The van der Waals surface area contributed by atoms with E-state index in [0.29, 0.717) is 24.5 Å². The molecular weight excluding hydrogens is 421 g/mol. The van der Waals surface area contributed by atoms with E-state index >= 15 is 0 Å². The van der Waals surface area contributed by atoms with E-state index in [0.717, 1.165) is 49.5 Å². The highest BCUT2D eigenvalue weighted by Crippen LogP contribution is 2.47. The number of carbonyl (C=O) groups is 2. The maximum absolute atomic E-state index is 12.2. The third kappa shape index (κ3) is 5.66. The molecule has 3 heterocycles. The van der Waals surface area contributed by atoms with Gasteiger partial charge in [0.05, 0.1) is 23.2 Å². The van der Waals surface area contributed by atoms with Gasteiger partial charge in [-0.15, -0.1) is 11.8 Å². The van der Waals surface area contributed by atoms with Crippen molar-refractivity contribution in [2.45, 2.75) is 56.2 Å². The molecule has 0 radical (unpaired) electrons. The number of rotatable bonds is 4. The van der Waals surface area contributed by atoms with E-state index in [4.69, 9.17) is 14.6 Å². The zero-order valence-corrected chi connectivity index (χ0v) is 17.5. The van der Waals surface area contributed by atoms with Gasteiger partial charge in [0.15, 0.2) is 0 Å². The fourth-order valence-corrected chi connectivity index (χ4v) is 5.28. The molecule has 1 amide bonds. The zero-order valence-electron chi connectivity index (χ0n) is 16.7. The molecule has 10 heteroatoms. The van der Waals surface area contributed by atoms with Crippen LogP contribution in [0, 0.1) is 12.8 Å². The second-order valence-corrected chi connectivity index (χ2v) is 9.51. The fraction of sp³-hybridized carbons (Fsp3) is 0.650. The van der Waals surface area contributed by atoms with Gasteiger partial charge in [0.25, 0.3) is 0 Å². The zero-order chi connectivity index (χ0) is 21.9. The van der Waals surface area contributed by atoms with E-state index in [9.17, 15) is 18.0 Å². The number of hydrogen-bond acceptors (Lipinski definition) is 5. The average molecular weight is 446 g/mol. The first-order chi connectivity index (χ1) is 14.1. The first kappa shape index (κ1) is 22.9. The van der Waals surface area contributed by atoms with Crippen molar-refractivity contribution in [2.24, 2.45) is 5.92 Å². The van der Waals surface area contributed by atoms with E-state index in [2.05, 4.69) is 9.88 Å². The summed E-state index contributed by atoms with van der Waals surface area (Å²) in [5.74, 6) is -0.987. The number of thioether (sulfide) groups is 1. The van der Waals surface area contributed by atoms with E-state index in [1.54, 1.807) is 0 Å². The third-order valence-electron chi connectivity index (χ3n) is 5.55. The van der Waals surface area contributed by atoms with Gasteiger partial charge in [0, 0.05) is 30.5 Å². The largest absolute Gasteiger partial charge is 0.490 e. The molecular formula is C20H25F3N2O4S. The van der Waals surface area contributed by atoms with E-state index in [1.165, 1.54) is 6.42 Å². The topological polar surface area (TPSA) is 79.7 Å². The van der Waals surface area contributed by atoms with Crippen LogP contribution in [0.5, 0.6) is 0 Å². The quantitative estimate of drug-likeness (QED) is 0.764. The molecule has 1 aliphatic carbocycles. The van der Waals surface area contributed by atoms with Gasteiger partial charge in [-0.2, -0.15) is 13.2 Å². The van der Waals surface area contributed by atoms with E-state index in [-0.39, 0.29) is 4.75 Å². The summed E-state index contributed by atoms with van der Waals surface area (Å²) in [5.41, 5.74) is 2.04. The molecule has 30 heavy (non-hydrogen) atoms. The predicted octanol–water partition coefficient (Wildman–Crippen LogP) is 3.43. The number of aliphatic carboxylic acids is 1. The van der Waals surface area contributed by atoms with Crippen molar-refractivity contribution in [2.75, 3.05) is 18.8 Å². The minimum absolute atomic E-state index is 0.268. The van der Waals surface area contributed by atoms with Gasteiger partial charge in [-0.05, 0) is 38.3 Å². The number of likely N-dealkylation sites (tertiary alicyclic amines) is 1. The lowest BCUT2D eigenvalue weighted by Gasteiger charge is -2.49. The van der Waals surface area contributed by atoms with Crippen LogP contribution < -0.4 is 0 Å². The van der Waals surface area contributed by atoms with Crippen molar-refractivity contribution in [3.05, 3.63) is 29.6 Å². The highest BCUT2D eigenvalue weighted by Gasteiger charge is 2.52. The van der Waals surface area contributed by atoms with Crippen LogP contribution in [0.15, 0.2) is 18.2 Å². The molecule has 1 unspecified atom stereocenters. The van der Waals surface area contributed by atoms with Gasteiger partial charge in [-0.3, -0.25) is 9.78 Å². The number of carboxylic acid groups (broad SMARTS) is 1. The number of nitrogens with zero attached hydrogens (tertiary/aromatic N) is 2. The molecule has 6 nitrogen and oxygen atoms in total. The van der Waals surface area contributed by atoms with Crippen molar-refractivity contribution in [3.8, 4) is 0 Å². The van der Waals surface area contributed by atoms with Crippen molar-refractivity contribution in [1.29, 1.82) is 0 Å². The van der Waals surface area contributed by atoms with Crippen molar-refractivity contribution < 1.29 is 32.6 Å². The highest BCUT2D eigenvalue weighted by atomic mass is 32.2. The summed E-state index contributed by atoms with van der Waals surface area (Å²) < 4.78 is 38.1. The van der Waals surface area contributed by atoms with Crippen LogP contribution in [0.3, 0.4) is 0 Å². The molecule has 1 aromatic heterocycles. The fourth-order valence-electron chi connectivity index (χ4n) is 3.73. The summed E-state index contributed by atoms with van der Waals surface area (Å²) in [6.45, 7) is 4.45. The number of alkyl halides is 3. The molecule has 0 aromatic carbocycles. The first-order valence-corrected chi connectivity index (χ1v) is 10.8. The predicted molar refractivity (Wildman–Crippen MR) is 105 cm³/mol. The standard InChI is InChI=1S/C18H24N2O2S.C2HF3O2/c1-13-4-2-7-15(19-13)9-22-16-8-18(23-10-16)11-20(12-18)17(21)14-5-3-6-14;3-2(4,5)1(6)7/h2,4,7,14,16H,3,5-6,8-12H2,1H3;(H,6,7). The highest BCUT2D eigenvalue weighted by molar-refractivity contribution is 8.01. The van der Waals surface area contributed by atoms with Gasteiger partial charge < -0.3 is 14.7 Å². The molecule has 166 valence electrons. The molecule has 3 fully saturated rings. The van der Waals surface area contributed by atoms with Gasteiger partial charge in [0.2, 0.25) is 5.91 Å². The summed E-state index contributed by atoms with van der Waals surface area (Å²) >= 11 is 2.00. The molecule has 4 rings (SSSR count). The number of halogens is 3. The Morgan fingerprint density at radius 1 is 1.33 bits per heavy atom. The monoisotopic (exact) mass is 446 g/mol. The lowest BCUT2D eigenvalue weighted by atomic mass is 9.82. The lowest BCUT2D eigenvalue weighted by Crippen LogP contribution is -2.62. The Hall–Kier alpha value is -1.81. The third-order valence-corrected chi connectivity index (χ3v) is 7.13. The maximum atomic E-state index is 12.2. The first-order valence-electron chi connectivity index (χ1n) is 9.85. The summed E-state index contributed by atoms with van der Waals surface area (Å²) in [6, 6.07) is 6.06. The van der Waals surface area contributed by atoms with Crippen LogP contribution in [0.4, 0.5) is 13.2 Å². The molecule has 2 saturated heterocycles. The molecule has 2 aliphatic heterocycles. The molecule has 0 bridgehead atoms. The van der Waals surface area contributed by atoms with Crippen LogP contribution in [0.2, 0.25) is 0 Å². The number of pyridine rings is 1. The average Bonchev–Trinajstić information content (AvgIpc) is 3.01. The van der Waals surface area contributed by atoms with E-state index < -0.39 is 12.1 Å². The second-order valence-electron chi connectivity index (χ2n) is 8.03. The van der Waals surface area contributed by atoms with Crippen LogP contribution in [0.1, 0.15) is 37.1 Å². The van der Waals surface area contributed by atoms with E-state index in [1.807, 2.05) is 36.9 Å². The van der Waals surface area contributed by atoms with Crippen LogP contribution in [-0.2, 0) is 20.9 Å². The Balaban J connectivity index is 0.000000318.